The SMILES string of the molecule is Cc1ccccc1C(=O)N(Cc1cccnc1)Cc1cc2cccc(C)c2[nH]c1=O. The fourth-order valence-corrected chi connectivity index (χ4v) is 3.65. The summed E-state index contributed by atoms with van der Waals surface area (Å²) in [5, 5.41) is 0.953. The predicted octanol–water partition coefficient (Wildman–Crippen LogP) is 4.38. The fourth-order valence-electron chi connectivity index (χ4n) is 3.65. The Morgan fingerprint density at radius 1 is 0.967 bits per heavy atom. The van der Waals surface area contributed by atoms with E-state index in [0.717, 1.165) is 27.6 Å². The summed E-state index contributed by atoms with van der Waals surface area (Å²) >= 11 is 0. The zero-order valence-corrected chi connectivity index (χ0v) is 17.1. The minimum atomic E-state index is -0.175. The van der Waals surface area contributed by atoms with Crippen molar-refractivity contribution in [3.63, 3.8) is 0 Å². The van der Waals surface area contributed by atoms with Crippen LogP contribution in [-0.2, 0) is 13.1 Å². The summed E-state index contributed by atoms with van der Waals surface area (Å²) in [6, 6.07) is 19.1. The molecule has 0 atom stereocenters. The third-order valence-corrected chi connectivity index (χ3v) is 5.29. The fraction of sp³-hybridized carbons (Fsp3) is 0.160. The molecule has 150 valence electrons. The molecule has 5 nitrogen and oxygen atoms in total. The number of carbonyl (C=O) groups is 1. The van der Waals surface area contributed by atoms with E-state index >= 15 is 0 Å². The Hall–Kier alpha value is -3.73. The van der Waals surface area contributed by atoms with Crippen molar-refractivity contribution in [1.82, 2.24) is 14.9 Å². The van der Waals surface area contributed by atoms with Gasteiger partial charge in [-0.2, -0.15) is 0 Å². The number of H-pyrrole nitrogens is 1. The second kappa shape index (κ2) is 8.33. The first-order valence-electron chi connectivity index (χ1n) is 9.88. The number of aromatic amines is 1. The molecule has 4 aromatic rings. The van der Waals surface area contributed by atoms with Crippen molar-refractivity contribution >= 4 is 16.8 Å². The monoisotopic (exact) mass is 397 g/mol. The number of nitrogens with zero attached hydrogens (tertiary/aromatic N) is 2. The molecule has 5 heteroatoms. The van der Waals surface area contributed by atoms with Crippen molar-refractivity contribution in [3.05, 3.63) is 111 Å². The smallest absolute Gasteiger partial charge is 0.254 e. The molecule has 0 aliphatic rings. The van der Waals surface area contributed by atoms with Crippen LogP contribution in [-0.4, -0.2) is 20.8 Å². The third kappa shape index (κ3) is 4.01. The minimum Gasteiger partial charge on any atom is -0.330 e. The molecule has 2 aromatic carbocycles. The molecule has 0 bridgehead atoms. The van der Waals surface area contributed by atoms with E-state index in [-0.39, 0.29) is 18.0 Å². The van der Waals surface area contributed by atoms with E-state index in [2.05, 4.69) is 9.97 Å². The van der Waals surface area contributed by atoms with Gasteiger partial charge in [0.2, 0.25) is 0 Å². The number of aromatic nitrogens is 2. The van der Waals surface area contributed by atoms with Crippen LogP contribution in [0.3, 0.4) is 0 Å². The summed E-state index contributed by atoms with van der Waals surface area (Å²) in [7, 11) is 0. The average molecular weight is 397 g/mol. The van der Waals surface area contributed by atoms with Gasteiger partial charge in [0.25, 0.3) is 11.5 Å². The highest BCUT2D eigenvalue weighted by molar-refractivity contribution is 5.95. The van der Waals surface area contributed by atoms with Gasteiger partial charge in [-0.1, -0.05) is 42.5 Å². The summed E-state index contributed by atoms with van der Waals surface area (Å²) in [6.45, 7) is 4.46. The number of rotatable bonds is 5. The van der Waals surface area contributed by atoms with Crippen LogP contribution in [0.4, 0.5) is 0 Å². The van der Waals surface area contributed by atoms with E-state index in [0.29, 0.717) is 17.7 Å². The molecule has 0 unspecified atom stereocenters. The van der Waals surface area contributed by atoms with Crippen LogP contribution in [0.1, 0.15) is 32.6 Å². The van der Waals surface area contributed by atoms with Crippen molar-refractivity contribution in [2.45, 2.75) is 26.9 Å². The first kappa shape index (κ1) is 19.6. The molecule has 0 radical (unpaired) electrons. The van der Waals surface area contributed by atoms with E-state index in [1.165, 1.54) is 0 Å². The Labute approximate surface area is 175 Å². The van der Waals surface area contributed by atoms with Crippen LogP contribution in [0.5, 0.6) is 0 Å². The second-order valence-corrected chi connectivity index (χ2v) is 7.50. The number of fused-ring (bicyclic) bond motifs is 1. The lowest BCUT2D eigenvalue weighted by molar-refractivity contribution is 0.0728. The van der Waals surface area contributed by atoms with E-state index in [1.54, 1.807) is 17.3 Å². The summed E-state index contributed by atoms with van der Waals surface area (Å²) in [6.07, 6.45) is 3.44. The van der Waals surface area contributed by atoms with Crippen molar-refractivity contribution in [1.29, 1.82) is 0 Å². The normalized spacial score (nSPS) is 10.9. The summed E-state index contributed by atoms with van der Waals surface area (Å²) in [5.74, 6) is -0.110. The number of hydrogen-bond donors (Lipinski definition) is 1. The van der Waals surface area contributed by atoms with Gasteiger partial charge in [-0.25, -0.2) is 0 Å². The molecule has 2 aromatic heterocycles. The zero-order valence-electron chi connectivity index (χ0n) is 17.1. The van der Waals surface area contributed by atoms with Gasteiger partial charge in [-0.15, -0.1) is 0 Å². The molecule has 1 N–H and O–H groups in total. The molecule has 30 heavy (non-hydrogen) atoms. The Morgan fingerprint density at radius 2 is 1.77 bits per heavy atom. The molecule has 0 saturated heterocycles. The van der Waals surface area contributed by atoms with Crippen molar-refractivity contribution in [2.75, 3.05) is 0 Å². The number of aryl methyl sites for hydroxylation is 2. The molecule has 1 amide bonds. The number of para-hydroxylation sites is 1. The molecule has 0 fully saturated rings. The quantitative estimate of drug-likeness (QED) is 0.543. The van der Waals surface area contributed by atoms with Gasteiger partial charge in [0.1, 0.15) is 0 Å². The molecule has 0 aliphatic carbocycles. The van der Waals surface area contributed by atoms with Gasteiger partial charge in [0, 0.05) is 30.1 Å². The first-order chi connectivity index (χ1) is 14.5. The van der Waals surface area contributed by atoms with Gasteiger partial charge >= 0.3 is 0 Å². The lowest BCUT2D eigenvalue weighted by atomic mass is 10.1. The second-order valence-electron chi connectivity index (χ2n) is 7.50. The summed E-state index contributed by atoms with van der Waals surface area (Å²) < 4.78 is 0. The molecule has 0 aliphatic heterocycles. The van der Waals surface area contributed by atoms with Crippen molar-refractivity contribution in [2.24, 2.45) is 0 Å². The van der Waals surface area contributed by atoms with Crippen LogP contribution in [0.15, 0.2) is 77.9 Å². The lowest BCUT2D eigenvalue weighted by Crippen LogP contribution is -2.33. The van der Waals surface area contributed by atoms with Crippen LogP contribution >= 0.6 is 0 Å². The Morgan fingerprint density at radius 3 is 2.53 bits per heavy atom. The average Bonchev–Trinajstić information content (AvgIpc) is 2.75. The maximum atomic E-state index is 13.4. The van der Waals surface area contributed by atoms with Gasteiger partial charge in [0.05, 0.1) is 12.1 Å². The number of nitrogens with one attached hydrogen (secondary N) is 1. The van der Waals surface area contributed by atoms with Crippen LogP contribution in [0, 0.1) is 13.8 Å². The van der Waals surface area contributed by atoms with Gasteiger partial charge in [-0.05, 0) is 54.1 Å². The number of amides is 1. The van der Waals surface area contributed by atoms with E-state index < -0.39 is 0 Å². The maximum absolute atomic E-state index is 13.4. The highest BCUT2D eigenvalue weighted by Crippen LogP contribution is 2.19. The standard InChI is InChI=1S/C25H23N3O2/c1-17-7-3-4-11-22(17)25(30)28(15-19-9-6-12-26-14-19)16-21-13-20-10-5-8-18(2)23(20)27-24(21)29/h3-14H,15-16H2,1-2H3,(H,27,29). The summed E-state index contributed by atoms with van der Waals surface area (Å²) in [4.78, 5) is 35.0. The van der Waals surface area contributed by atoms with Crippen molar-refractivity contribution < 1.29 is 4.79 Å². The molecular weight excluding hydrogens is 374 g/mol. The number of benzene rings is 2. The van der Waals surface area contributed by atoms with E-state index in [9.17, 15) is 9.59 Å². The highest BCUT2D eigenvalue weighted by atomic mass is 16.2. The van der Waals surface area contributed by atoms with E-state index in [4.69, 9.17) is 0 Å². The maximum Gasteiger partial charge on any atom is 0.254 e. The predicted molar refractivity (Wildman–Crippen MR) is 118 cm³/mol. The zero-order chi connectivity index (χ0) is 21.1. The molecular formula is C25H23N3O2. The highest BCUT2D eigenvalue weighted by Gasteiger charge is 2.20. The van der Waals surface area contributed by atoms with Crippen LogP contribution < -0.4 is 5.56 Å². The van der Waals surface area contributed by atoms with E-state index in [1.807, 2.05) is 74.5 Å². The van der Waals surface area contributed by atoms with Crippen LogP contribution in [0.2, 0.25) is 0 Å². The molecule has 4 rings (SSSR count). The Balaban J connectivity index is 1.74. The Kier molecular flexibility index (Phi) is 5.44. The van der Waals surface area contributed by atoms with Gasteiger partial charge in [0.15, 0.2) is 0 Å². The van der Waals surface area contributed by atoms with Crippen molar-refractivity contribution in [3.8, 4) is 0 Å². The largest absolute Gasteiger partial charge is 0.330 e. The number of carbonyl (C=O) groups excluding carboxylic acids is 1. The third-order valence-electron chi connectivity index (χ3n) is 5.29. The first-order valence-corrected chi connectivity index (χ1v) is 9.88. The Bertz CT molecular complexity index is 1260. The summed E-state index contributed by atoms with van der Waals surface area (Å²) in [5.41, 5.74) is 4.67. The molecule has 0 saturated carbocycles. The lowest BCUT2D eigenvalue weighted by Gasteiger charge is -2.23. The molecule has 2 heterocycles. The minimum absolute atomic E-state index is 0.110. The molecule has 0 spiro atoms. The van der Waals surface area contributed by atoms with Crippen LogP contribution in [0.25, 0.3) is 10.9 Å². The number of pyridine rings is 2. The van der Waals surface area contributed by atoms with Gasteiger partial charge < -0.3 is 9.88 Å². The topological polar surface area (TPSA) is 66.1 Å². The number of hydrogen-bond acceptors (Lipinski definition) is 3. The van der Waals surface area contributed by atoms with Gasteiger partial charge in [-0.3, -0.25) is 14.6 Å².